The highest BCUT2D eigenvalue weighted by molar-refractivity contribution is 5.30. The Labute approximate surface area is 112 Å². The first-order chi connectivity index (χ1) is 9.33. The van der Waals surface area contributed by atoms with Gasteiger partial charge in [0.25, 0.3) is 0 Å². The summed E-state index contributed by atoms with van der Waals surface area (Å²) < 4.78 is 5.49. The summed E-state index contributed by atoms with van der Waals surface area (Å²) in [4.78, 5) is 15.9. The number of aromatic nitrogens is 4. The van der Waals surface area contributed by atoms with Gasteiger partial charge in [-0.1, -0.05) is 13.8 Å². The maximum Gasteiger partial charge on any atom is 0.226 e. The number of ether oxygens (including phenoxy) is 1. The molecular weight excluding hydrogens is 242 g/mol. The van der Waals surface area contributed by atoms with E-state index in [0.29, 0.717) is 18.4 Å². The summed E-state index contributed by atoms with van der Waals surface area (Å²) in [5.74, 6) is 2.02. The molecule has 0 saturated heterocycles. The quantitative estimate of drug-likeness (QED) is 0.801. The van der Waals surface area contributed by atoms with Crippen molar-refractivity contribution in [2.45, 2.75) is 32.7 Å². The SMILES string of the molecule is CCCOc1ccnc(NC(CC)c2ncc[nH]2)n1. The van der Waals surface area contributed by atoms with Crippen molar-refractivity contribution in [3.05, 3.63) is 30.5 Å². The van der Waals surface area contributed by atoms with E-state index >= 15 is 0 Å². The number of hydrogen-bond donors (Lipinski definition) is 2. The molecule has 6 heteroatoms. The van der Waals surface area contributed by atoms with Crippen molar-refractivity contribution in [2.75, 3.05) is 11.9 Å². The maximum absolute atomic E-state index is 5.49. The zero-order chi connectivity index (χ0) is 13.5. The van der Waals surface area contributed by atoms with Crippen LogP contribution in [0.1, 0.15) is 38.6 Å². The number of nitrogens with zero attached hydrogens (tertiary/aromatic N) is 3. The van der Waals surface area contributed by atoms with Crippen LogP contribution in [-0.2, 0) is 0 Å². The molecule has 0 aliphatic heterocycles. The van der Waals surface area contributed by atoms with Crippen molar-refractivity contribution >= 4 is 5.95 Å². The van der Waals surface area contributed by atoms with E-state index < -0.39 is 0 Å². The fraction of sp³-hybridized carbons (Fsp3) is 0.462. The number of aromatic amines is 1. The molecule has 1 atom stereocenters. The van der Waals surface area contributed by atoms with E-state index in [-0.39, 0.29) is 6.04 Å². The Morgan fingerprint density at radius 1 is 1.32 bits per heavy atom. The number of imidazole rings is 1. The van der Waals surface area contributed by atoms with Gasteiger partial charge in [-0.05, 0) is 12.8 Å². The Balaban J connectivity index is 2.05. The van der Waals surface area contributed by atoms with Gasteiger partial charge in [0.15, 0.2) is 0 Å². The van der Waals surface area contributed by atoms with Crippen LogP contribution in [0.15, 0.2) is 24.7 Å². The van der Waals surface area contributed by atoms with Crippen LogP contribution in [0.4, 0.5) is 5.95 Å². The highest BCUT2D eigenvalue weighted by atomic mass is 16.5. The van der Waals surface area contributed by atoms with Gasteiger partial charge in [0.2, 0.25) is 11.8 Å². The molecule has 2 aromatic heterocycles. The Kier molecular flexibility index (Phi) is 4.72. The van der Waals surface area contributed by atoms with Gasteiger partial charge in [0.1, 0.15) is 5.82 Å². The van der Waals surface area contributed by atoms with E-state index in [2.05, 4.69) is 39.1 Å². The van der Waals surface area contributed by atoms with E-state index in [9.17, 15) is 0 Å². The molecule has 0 amide bonds. The molecule has 0 aliphatic carbocycles. The van der Waals surface area contributed by atoms with Crippen molar-refractivity contribution in [1.29, 1.82) is 0 Å². The van der Waals surface area contributed by atoms with Crippen LogP contribution in [0, 0.1) is 0 Å². The minimum atomic E-state index is 0.0661. The number of H-pyrrole nitrogens is 1. The fourth-order valence-corrected chi connectivity index (χ4v) is 1.69. The number of rotatable bonds is 7. The van der Waals surface area contributed by atoms with E-state index in [1.807, 2.05) is 0 Å². The predicted molar refractivity (Wildman–Crippen MR) is 73.1 cm³/mol. The van der Waals surface area contributed by atoms with E-state index in [4.69, 9.17) is 4.74 Å². The number of nitrogens with one attached hydrogen (secondary N) is 2. The smallest absolute Gasteiger partial charge is 0.226 e. The molecule has 6 nitrogen and oxygen atoms in total. The lowest BCUT2D eigenvalue weighted by Crippen LogP contribution is -2.13. The molecule has 2 rings (SSSR count). The summed E-state index contributed by atoms with van der Waals surface area (Å²) in [5, 5.41) is 3.25. The largest absolute Gasteiger partial charge is 0.478 e. The van der Waals surface area contributed by atoms with Gasteiger partial charge >= 0.3 is 0 Å². The fourth-order valence-electron chi connectivity index (χ4n) is 1.69. The molecule has 2 heterocycles. The van der Waals surface area contributed by atoms with Crippen LogP contribution in [0.2, 0.25) is 0 Å². The number of anilines is 1. The van der Waals surface area contributed by atoms with E-state index in [1.54, 1.807) is 24.7 Å². The molecule has 19 heavy (non-hydrogen) atoms. The van der Waals surface area contributed by atoms with Crippen LogP contribution >= 0.6 is 0 Å². The summed E-state index contributed by atoms with van der Waals surface area (Å²) >= 11 is 0. The molecule has 0 saturated carbocycles. The van der Waals surface area contributed by atoms with Crippen LogP contribution in [0.3, 0.4) is 0 Å². The van der Waals surface area contributed by atoms with Crippen molar-refractivity contribution in [3.8, 4) is 5.88 Å². The molecule has 2 aromatic rings. The third-order valence-corrected chi connectivity index (χ3v) is 2.65. The average molecular weight is 261 g/mol. The lowest BCUT2D eigenvalue weighted by atomic mass is 10.2. The topological polar surface area (TPSA) is 75.7 Å². The molecule has 0 bridgehead atoms. The molecule has 0 radical (unpaired) electrons. The Morgan fingerprint density at radius 3 is 2.89 bits per heavy atom. The zero-order valence-corrected chi connectivity index (χ0v) is 11.3. The summed E-state index contributed by atoms with van der Waals surface area (Å²) in [6.07, 6.45) is 7.07. The molecule has 0 aliphatic rings. The van der Waals surface area contributed by atoms with Crippen LogP contribution < -0.4 is 10.1 Å². The Bertz CT molecular complexity index is 486. The van der Waals surface area contributed by atoms with Crippen LogP contribution in [0.5, 0.6) is 5.88 Å². The first-order valence-corrected chi connectivity index (χ1v) is 6.55. The van der Waals surface area contributed by atoms with Gasteiger partial charge in [0, 0.05) is 24.7 Å². The van der Waals surface area contributed by atoms with Gasteiger partial charge in [-0.25, -0.2) is 9.97 Å². The van der Waals surface area contributed by atoms with Gasteiger partial charge in [-0.2, -0.15) is 4.98 Å². The highest BCUT2D eigenvalue weighted by Gasteiger charge is 2.12. The normalized spacial score (nSPS) is 12.1. The lowest BCUT2D eigenvalue weighted by molar-refractivity contribution is 0.305. The summed E-state index contributed by atoms with van der Waals surface area (Å²) in [6.45, 7) is 4.80. The Hall–Kier alpha value is -2.11. The molecule has 1 unspecified atom stereocenters. The van der Waals surface area contributed by atoms with E-state index in [0.717, 1.165) is 18.7 Å². The van der Waals surface area contributed by atoms with Crippen LogP contribution in [0.25, 0.3) is 0 Å². The summed E-state index contributed by atoms with van der Waals surface area (Å²) in [6, 6.07) is 1.82. The van der Waals surface area contributed by atoms with Crippen molar-refractivity contribution in [3.63, 3.8) is 0 Å². The standard InChI is InChI=1S/C13H19N5O/c1-3-9-19-11-5-6-16-13(18-11)17-10(4-2)12-14-7-8-15-12/h5-8,10H,3-4,9H2,1-2H3,(H,14,15)(H,16,17,18). The second kappa shape index (κ2) is 6.72. The second-order valence-electron chi connectivity index (χ2n) is 4.15. The minimum Gasteiger partial charge on any atom is -0.478 e. The molecular formula is C13H19N5O. The molecule has 102 valence electrons. The molecule has 0 spiro atoms. The second-order valence-corrected chi connectivity index (χ2v) is 4.15. The molecule has 0 aromatic carbocycles. The van der Waals surface area contributed by atoms with Gasteiger partial charge in [-0.3, -0.25) is 0 Å². The third-order valence-electron chi connectivity index (χ3n) is 2.65. The molecule has 2 N–H and O–H groups in total. The lowest BCUT2D eigenvalue weighted by Gasteiger charge is -2.14. The van der Waals surface area contributed by atoms with Gasteiger partial charge in [-0.15, -0.1) is 0 Å². The first-order valence-electron chi connectivity index (χ1n) is 6.55. The summed E-state index contributed by atoms with van der Waals surface area (Å²) in [5.41, 5.74) is 0. The average Bonchev–Trinajstić information content (AvgIpc) is 2.97. The van der Waals surface area contributed by atoms with E-state index in [1.165, 1.54) is 0 Å². The maximum atomic E-state index is 5.49. The van der Waals surface area contributed by atoms with Gasteiger partial charge in [0.05, 0.1) is 12.6 Å². The van der Waals surface area contributed by atoms with Crippen molar-refractivity contribution in [1.82, 2.24) is 19.9 Å². The number of hydrogen-bond acceptors (Lipinski definition) is 5. The third kappa shape index (κ3) is 3.67. The monoisotopic (exact) mass is 261 g/mol. The van der Waals surface area contributed by atoms with Gasteiger partial charge < -0.3 is 15.0 Å². The minimum absolute atomic E-state index is 0.0661. The first kappa shape index (κ1) is 13.3. The predicted octanol–water partition coefficient (Wildman–Crippen LogP) is 2.55. The summed E-state index contributed by atoms with van der Waals surface area (Å²) in [7, 11) is 0. The van der Waals surface area contributed by atoms with Crippen molar-refractivity contribution < 1.29 is 4.74 Å². The zero-order valence-electron chi connectivity index (χ0n) is 11.3. The molecule has 0 fully saturated rings. The van der Waals surface area contributed by atoms with Crippen molar-refractivity contribution in [2.24, 2.45) is 0 Å². The Morgan fingerprint density at radius 2 is 2.21 bits per heavy atom. The highest BCUT2D eigenvalue weighted by Crippen LogP contribution is 2.18. The van der Waals surface area contributed by atoms with Crippen LogP contribution in [-0.4, -0.2) is 26.5 Å².